The molecule has 0 aliphatic heterocycles. The number of benzene rings is 1. The van der Waals surface area contributed by atoms with Crippen molar-refractivity contribution in [2.24, 2.45) is 0 Å². The maximum atomic E-state index is 12.0. The molecule has 0 heterocycles. The first-order valence-corrected chi connectivity index (χ1v) is 7.40. The fourth-order valence-electron chi connectivity index (χ4n) is 2.61. The average Bonchev–Trinajstić information content (AvgIpc) is 2.48. The number of aliphatic hydroxyl groups is 1. The van der Waals surface area contributed by atoms with Crippen molar-refractivity contribution < 1.29 is 9.90 Å². The summed E-state index contributed by atoms with van der Waals surface area (Å²) in [5.74, 6) is 0.0214. The van der Waals surface area contributed by atoms with Gasteiger partial charge in [0.05, 0.1) is 12.6 Å². The largest absolute Gasteiger partial charge is 0.394 e. The van der Waals surface area contributed by atoms with Gasteiger partial charge in [0.1, 0.15) is 0 Å². The molecular weight excluding hydrogens is 250 g/mol. The SMILES string of the molecule is O=C(CC1=CCCCC1)N[C@@H](CO)Cc1ccccc1. The third kappa shape index (κ3) is 4.82. The minimum Gasteiger partial charge on any atom is -0.394 e. The van der Waals surface area contributed by atoms with Gasteiger partial charge >= 0.3 is 0 Å². The molecule has 0 spiro atoms. The summed E-state index contributed by atoms with van der Waals surface area (Å²) >= 11 is 0. The van der Waals surface area contributed by atoms with Crippen molar-refractivity contribution in [3.8, 4) is 0 Å². The van der Waals surface area contributed by atoms with Crippen LogP contribution in [0.2, 0.25) is 0 Å². The van der Waals surface area contributed by atoms with Gasteiger partial charge in [-0.2, -0.15) is 0 Å². The lowest BCUT2D eigenvalue weighted by Gasteiger charge is -2.18. The Morgan fingerprint density at radius 3 is 2.70 bits per heavy atom. The molecule has 0 saturated heterocycles. The Kier molecular flexibility index (Phi) is 5.81. The van der Waals surface area contributed by atoms with Gasteiger partial charge in [0.15, 0.2) is 0 Å². The highest BCUT2D eigenvalue weighted by Gasteiger charge is 2.14. The molecule has 3 heteroatoms. The van der Waals surface area contributed by atoms with Crippen LogP contribution in [0.25, 0.3) is 0 Å². The van der Waals surface area contributed by atoms with Crippen LogP contribution < -0.4 is 5.32 Å². The molecule has 1 aliphatic carbocycles. The molecule has 0 fully saturated rings. The topological polar surface area (TPSA) is 49.3 Å². The molecular formula is C17H23NO2. The Morgan fingerprint density at radius 1 is 1.25 bits per heavy atom. The number of amides is 1. The summed E-state index contributed by atoms with van der Waals surface area (Å²) in [5.41, 5.74) is 2.37. The molecule has 1 aliphatic rings. The van der Waals surface area contributed by atoms with E-state index in [1.807, 2.05) is 30.3 Å². The second kappa shape index (κ2) is 7.85. The van der Waals surface area contributed by atoms with E-state index in [2.05, 4.69) is 11.4 Å². The monoisotopic (exact) mass is 273 g/mol. The van der Waals surface area contributed by atoms with Gasteiger partial charge in [-0.3, -0.25) is 4.79 Å². The molecule has 0 unspecified atom stereocenters. The average molecular weight is 273 g/mol. The molecule has 0 bridgehead atoms. The van der Waals surface area contributed by atoms with Crippen molar-refractivity contribution >= 4 is 5.91 Å². The molecule has 1 amide bonds. The summed E-state index contributed by atoms with van der Waals surface area (Å²) in [6.07, 6.45) is 7.89. The van der Waals surface area contributed by atoms with E-state index in [0.717, 1.165) is 18.4 Å². The van der Waals surface area contributed by atoms with E-state index < -0.39 is 0 Å². The molecule has 20 heavy (non-hydrogen) atoms. The van der Waals surface area contributed by atoms with Gasteiger partial charge in [-0.15, -0.1) is 0 Å². The summed E-state index contributed by atoms with van der Waals surface area (Å²) in [6, 6.07) is 9.73. The van der Waals surface area contributed by atoms with Crippen LogP contribution in [0.5, 0.6) is 0 Å². The number of carbonyl (C=O) groups excluding carboxylic acids is 1. The molecule has 1 aromatic rings. The van der Waals surface area contributed by atoms with E-state index in [4.69, 9.17) is 0 Å². The van der Waals surface area contributed by atoms with E-state index in [-0.39, 0.29) is 18.6 Å². The Hall–Kier alpha value is -1.61. The molecule has 0 saturated carbocycles. The summed E-state index contributed by atoms with van der Waals surface area (Å²) in [7, 11) is 0. The van der Waals surface area contributed by atoms with Gasteiger partial charge in [0.25, 0.3) is 0 Å². The molecule has 0 radical (unpaired) electrons. The van der Waals surface area contributed by atoms with Crippen molar-refractivity contribution in [2.75, 3.05) is 6.61 Å². The maximum absolute atomic E-state index is 12.0. The number of aliphatic hydroxyl groups excluding tert-OH is 1. The van der Waals surface area contributed by atoms with Crippen LogP contribution in [-0.2, 0) is 11.2 Å². The van der Waals surface area contributed by atoms with Crippen LogP contribution in [-0.4, -0.2) is 23.7 Å². The lowest BCUT2D eigenvalue weighted by molar-refractivity contribution is -0.121. The second-order valence-corrected chi connectivity index (χ2v) is 5.42. The van der Waals surface area contributed by atoms with Crippen LogP contribution in [0, 0.1) is 0 Å². The number of nitrogens with one attached hydrogen (secondary N) is 1. The van der Waals surface area contributed by atoms with Crippen molar-refractivity contribution in [1.82, 2.24) is 5.32 Å². The van der Waals surface area contributed by atoms with Crippen molar-refractivity contribution in [1.29, 1.82) is 0 Å². The highest BCUT2D eigenvalue weighted by molar-refractivity contribution is 5.78. The van der Waals surface area contributed by atoms with Crippen LogP contribution in [0.4, 0.5) is 0 Å². The van der Waals surface area contributed by atoms with E-state index in [9.17, 15) is 9.90 Å². The van der Waals surface area contributed by atoms with Crippen molar-refractivity contribution in [2.45, 2.75) is 44.6 Å². The summed E-state index contributed by atoms with van der Waals surface area (Å²) in [4.78, 5) is 12.0. The van der Waals surface area contributed by atoms with Crippen LogP contribution >= 0.6 is 0 Å². The zero-order chi connectivity index (χ0) is 14.2. The van der Waals surface area contributed by atoms with Gasteiger partial charge in [-0.1, -0.05) is 42.0 Å². The molecule has 2 N–H and O–H groups in total. The predicted molar refractivity (Wildman–Crippen MR) is 80.3 cm³/mol. The Balaban J connectivity index is 1.83. The standard InChI is InChI=1S/C17H23NO2/c19-13-16(11-14-7-3-1-4-8-14)18-17(20)12-15-9-5-2-6-10-15/h1,3-4,7-9,16,19H,2,5-6,10-13H2,(H,18,20)/t16-/m1/s1. The van der Waals surface area contributed by atoms with Gasteiger partial charge < -0.3 is 10.4 Å². The lowest BCUT2D eigenvalue weighted by Crippen LogP contribution is -2.39. The quantitative estimate of drug-likeness (QED) is 0.783. The first-order valence-electron chi connectivity index (χ1n) is 7.40. The molecule has 3 nitrogen and oxygen atoms in total. The molecule has 1 atom stereocenters. The van der Waals surface area contributed by atoms with Gasteiger partial charge in [0.2, 0.25) is 5.91 Å². The Bertz CT molecular complexity index is 453. The minimum atomic E-state index is -0.200. The highest BCUT2D eigenvalue weighted by Crippen LogP contribution is 2.19. The predicted octanol–water partition coefficient (Wildman–Crippen LogP) is 2.60. The summed E-state index contributed by atoms with van der Waals surface area (Å²) < 4.78 is 0. The first kappa shape index (κ1) is 14.8. The first-order chi connectivity index (χ1) is 9.78. The lowest BCUT2D eigenvalue weighted by atomic mass is 9.97. The van der Waals surface area contributed by atoms with E-state index in [0.29, 0.717) is 12.8 Å². The van der Waals surface area contributed by atoms with Gasteiger partial charge in [-0.25, -0.2) is 0 Å². The smallest absolute Gasteiger partial charge is 0.224 e. The normalized spacial score (nSPS) is 16.4. The maximum Gasteiger partial charge on any atom is 0.224 e. The van der Waals surface area contributed by atoms with Gasteiger partial charge in [-0.05, 0) is 37.7 Å². The van der Waals surface area contributed by atoms with Crippen LogP contribution in [0.15, 0.2) is 42.0 Å². The number of rotatable bonds is 6. The Labute approximate surface area is 120 Å². The second-order valence-electron chi connectivity index (χ2n) is 5.42. The molecule has 1 aromatic carbocycles. The third-order valence-electron chi connectivity index (χ3n) is 3.68. The van der Waals surface area contributed by atoms with E-state index in [1.54, 1.807) is 0 Å². The fraction of sp³-hybridized carbons (Fsp3) is 0.471. The van der Waals surface area contributed by atoms with Crippen LogP contribution in [0.3, 0.4) is 0 Å². The third-order valence-corrected chi connectivity index (χ3v) is 3.68. The zero-order valence-electron chi connectivity index (χ0n) is 11.8. The zero-order valence-corrected chi connectivity index (χ0v) is 11.8. The van der Waals surface area contributed by atoms with Crippen molar-refractivity contribution in [3.63, 3.8) is 0 Å². The van der Waals surface area contributed by atoms with Crippen molar-refractivity contribution in [3.05, 3.63) is 47.5 Å². The molecule has 108 valence electrons. The number of carbonyl (C=O) groups is 1. The number of allylic oxidation sites excluding steroid dienone is 1. The molecule has 2 rings (SSSR count). The van der Waals surface area contributed by atoms with E-state index in [1.165, 1.54) is 18.4 Å². The molecule has 0 aromatic heterocycles. The Morgan fingerprint density at radius 2 is 2.05 bits per heavy atom. The van der Waals surface area contributed by atoms with Gasteiger partial charge in [0, 0.05) is 6.42 Å². The highest BCUT2D eigenvalue weighted by atomic mass is 16.3. The number of hydrogen-bond donors (Lipinski definition) is 2. The van der Waals surface area contributed by atoms with Crippen LogP contribution in [0.1, 0.15) is 37.7 Å². The fourth-order valence-corrected chi connectivity index (χ4v) is 2.61. The van der Waals surface area contributed by atoms with E-state index >= 15 is 0 Å². The minimum absolute atomic E-state index is 0.0214. The number of hydrogen-bond acceptors (Lipinski definition) is 2. The summed E-state index contributed by atoms with van der Waals surface area (Å²) in [5, 5.41) is 12.3. The summed E-state index contributed by atoms with van der Waals surface area (Å²) in [6.45, 7) is -0.0281.